The van der Waals surface area contributed by atoms with Crippen molar-refractivity contribution in [1.82, 2.24) is 18.8 Å². The van der Waals surface area contributed by atoms with E-state index in [1.807, 2.05) is 68.4 Å². The first-order valence-corrected chi connectivity index (χ1v) is 12.6. The van der Waals surface area contributed by atoms with Crippen molar-refractivity contribution < 1.29 is 4.79 Å². The summed E-state index contributed by atoms with van der Waals surface area (Å²) in [4.78, 5) is 33.9. The van der Waals surface area contributed by atoms with Crippen molar-refractivity contribution in [2.45, 2.75) is 33.7 Å². The molecule has 0 fully saturated rings. The largest absolute Gasteiger partial charge is 0.337 e. The van der Waals surface area contributed by atoms with Crippen molar-refractivity contribution in [3.8, 4) is 0 Å². The van der Waals surface area contributed by atoms with Crippen LogP contribution in [0.5, 0.6) is 0 Å². The van der Waals surface area contributed by atoms with E-state index in [-0.39, 0.29) is 17.4 Å². The molecule has 1 amide bonds. The molecule has 0 bridgehead atoms. The predicted octanol–water partition coefficient (Wildman–Crippen LogP) is 3.80. The zero-order chi connectivity index (χ0) is 24.9. The van der Waals surface area contributed by atoms with Gasteiger partial charge in [0, 0.05) is 31.6 Å². The van der Waals surface area contributed by atoms with E-state index in [1.54, 1.807) is 9.47 Å². The van der Waals surface area contributed by atoms with Crippen LogP contribution in [-0.2, 0) is 13.0 Å². The van der Waals surface area contributed by atoms with Crippen molar-refractivity contribution in [2.24, 2.45) is 11.7 Å². The van der Waals surface area contributed by atoms with Gasteiger partial charge < -0.3 is 10.6 Å². The van der Waals surface area contributed by atoms with Gasteiger partial charge in [0.25, 0.3) is 11.5 Å². The molecule has 0 radical (unpaired) electrons. The average Bonchev–Trinajstić information content (AvgIpc) is 3.22. The van der Waals surface area contributed by atoms with Crippen LogP contribution in [-0.4, -0.2) is 44.4 Å². The zero-order valence-corrected chi connectivity index (χ0v) is 21.2. The van der Waals surface area contributed by atoms with Crippen LogP contribution in [0.25, 0.3) is 10.2 Å². The van der Waals surface area contributed by atoms with Crippen LogP contribution in [0.2, 0.25) is 0 Å². The SMILES string of the molecule is Cc1ccc(C(=O)N(CCN)CC(C)Cc2nc3snc(C)c3c(=O)n2Cc2ccccc2)cc1. The number of carbonyl (C=O) groups is 1. The second kappa shape index (κ2) is 10.9. The minimum atomic E-state index is -0.0677. The Morgan fingerprint density at radius 2 is 1.83 bits per heavy atom. The molecule has 0 aliphatic heterocycles. The molecule has 0 aliphatic rings. The summed E-state index contributed by atoms with van der Waals surface area (Å²) < 4.78 is 6.11. The van der Waals surface area contributed by atoms with Crippen LogP contribution in [0.15, 0.2) is 59.4 Å². The summed E-state index contributed by atoms with van der Waals surface area (Å²) in [5, 5.41) is 0.585. The van der Waals surface area contributed by atoms with Gasteiger partial charge >= 0.3 is 0 Å². The van der Waals surface area contributed by atoms with Gasteiger partial charge in [-0.05, 0) is 49.0 Å². The predicted molar refractivity (Wildman–Crippen MR) is 141 cm³/mol. The molecule has 0 saturated carbocycles. The van der Waals surface area contributed by atoms with E-state index in [4.69, 9.17) is 10.7 Å². The Balaban J connectivity index is 1.61. The van der Waals surface area contributed by atoms with E-state index in [0.29, 0.717) is 59.9 Å². The fourth-order valence-corrected chi connectivity index (χ4v) is 5.04. The van der Waals surface area contributed by atoms with Gasteiger partial charge in [-0.25, -0.2) is 4.98 Å². The Kier molecular flexibility index (Phi) is 7.73. The number of hydrogen-bond acceptors (Lipinski definition) is 6. The summed E-state index contributed by atoms with van der Waals surface area (Å²) in [7, 11) is 0. The normalized spacial score (nSPS) is 12.1. The number of aryl methyl sites for hydroxylation is 2. The van der Waals surface area contributed by atoms with Crippen LogP contribution in [0.3, 0.4) is 0 Å². The standard InChI is InChI=1S/C27H31N5O2S/c1-18-9-11-22(12-10-18)26(33)31(14-13-28)16-19(2)15-23-29-25-24(20(3)30-35-25)27(34)32(23)17-21-7-5-4-6-8-21/h4-12,19H,13-17,28H2,1-3H3. The van der Waals surface area contributed by atoms with Gasteiger partial charge in [0.1, 0.15) is 5.82 Å². The Morgan fingerprint density at radius 1 is 1.11 bits per heavy atom. The first-order chi connectivity index (χ1) is 16.9. The summed E-state index contributed by atoms with van der Waals surface area (Å²) in [5.41, 5.74) is 9.27. The van der Waals surface area contributed by atoms with Crippen molar-refractivity contribution in [1.29, 1.82) is 0 Å². The fraction of sp³-hybridized carbons (Fsp3) is 0.333. The van der Waals surface area contributed by atoms with Gasteiger partial charge in [0.15, 0.2) is 4.83 Å². The third-order valence-electron chi connectivity index (χ3n) is 6.08. The fourth-order valence-electron chi connectivity index (χ4n) is 4.26. The average molecular weight is 490 g/mol. The van der Waals surface area contributed by atoms with E-state index in [1.165, 1.54) is 11.5 Å². The molecule has 0 aliphatic carbocycles. The maximum Gasteiger partial charge on any atom is 0.264 e. The summed E-state index contributed by atoms with van der Waals surface area (Å²) in [5.74, 6) is 0.736. The van der Waals surface area contributed by atoms with E-state index in [2.05, 4.69) is 11.3 Å². The number of aromatic nitrogens is 3. The summed E-state index contributed by atoms with van der Waals surface area (Å²) in [6.45, 7) is 7.73. The first-order valence-electron chi connectivity index (χ1n) is 11.8. The molecule has 0 saturated heterocycles. The number of nitrogens with two attached hydrogens (primary N) is 1. The molecule has 1 atom stereocenters. The first kappa shape index (κ1) is 24.8. The maximum absolute atomic E-state index is 13.5. The highest BCUT2D eigenvalue weighted by Crippen LogP contribution is 2.20. The summed E-state index contributed by atoms with van der Waals surface area (Å²) >= 11 is 1.25. The van der Waals surface area contributed by atoms with Gasteiger partial charge in [-0.1, -0.05) is 55.0 Å². The van der Waals surface area contributed by atoms with Crippen LogP contribution in [0.4, 0.5) is 0 Å². The van der Waals surface area contributed by atoms with Crippen LogP contribution in [0, 0.1) is 19.8 Å². The Hall–Kier alpha value is -3.36. The molecule has 182 valence electrons. The summed E-state index contributed by atoms with van der Waals surface area (Å²) in [6, 6.07) is 17.5. The summed E-state index contributed by atoms with van der Waals surface area (Å²) in [6.07, 6.45) is 0.553. The highest BCUT2D eigenvalue weighted by atomic mass is 32.1. The van der Waals surface area contributed by atoms with Gasteiger partial charge in [-0.2, -0.15) is 4.37 Å². The Labute approximate surface area is 209 Å². The smallest absolute Gasteiger partial charge is 0.264 e. The highest BCUT2D eigenvalue weighted by Gasteiger charge is 2.21. The number of carbonyl (C=O) groups excluding carboxylic acids is 1. The molecule has 8 heteroatoms. The molecule has 2 heterocycles. The monoisotopic (exact) mass is 489 g/mol. The maximum atomic E-state index is 13.5. The molecule has 4 rings (SSSR count). The van der Waals surface area contributed by atoms with Crippen molar-refractivity contribution in [2.75, 3.05) is 19.6 Å². The number of benzene rings is 2. The third kappa shape index (κ3) is 5.66. The second-order valence-electron chi connectivity index (χ2n) is 9.07. The van der Waals surface area contributed by atoms with Crippen molar-refractivity contribution in [3.05, 3.63) is 93.2 Å². The molecular formula is C27H31N5O2S. The van der Waals surface area contributed by atoms with E-state index >= 15 is 0 Å². The molecule has 2 aromatic heterocycles. The molecule has 7 nitrogen and oxygen atoms in total. The molecule has 2 N–H and O–H groups in total. The molecule has 1 unspecified atom stereocenters. The quantitative estimate of drug-likeness (QED) is 0.386. The van der Waals surface area contributed by atoms with Crippen LogP contribution >= 0.6 is 11.5 Å². The van der Waals surface area contributed by atoms with Crippen LogP contribution in [0.1, 0.15) is 39.9 Å². The number of hydrogen-bond donors (Lipinski definition) is 1. The molecule has 4 aromatic rings. The number of rotatable bonds is 9. The lowest BCUT2D eigenvalue weighted by Gasteiger charge is -2.26. The molecule has 0 spiro atoms. The lowest BCUT2D eigenvalue weighted by Crippen LogP contribution is -2.39. The topological polar surface area (TPSA) is 94.1 Å². The van der Waals surface area contributed by atoms with E-state index in [9.17, 15) is 9.59 Å². The minimum absolute atomic E-state index is 0.0366. The van der Waals surface area contributed by atoms with Gasteiger partial charge in [-0.15, -0.1) is 0 Å². The minimum Gasteiger partial charge on any atom is -0.337 e. The van der Waals surface area contributed by atoms with Crippen molar-refractivity contribution >= 4 is 27.7 Å². The number of nitrogens with zero attached hydrogens (tertiary/aromatic N) is 4. The van der Waals surface area contributed by atoms with Gasteiger partial charge in [0.2, 0.25) is 0 Å². The van der Waals surface area contributed by atoms with Crippen LogP contribution < -0.4 is 11.3 Å². The van der Waals surface area contributed by atoms with E-state index < -0.39 is 0 Å². The Bertz CT molecular complexity index is 1360. The molecular weight excluding hydrogens is 458 g/mol. The van der Waals surface area contributed by atoms with Gasteiger partial charge in [0.05, 0.1) is 17.6 Å². The molecule has 2 aromatic carbocycles. The second-order valence-corrected chi connectivity index (χ2v) is 9.82. The highest BCUT2D eigenvalue weighted by molar-refractivity contribution is 7.12. The van der Waals surface area contributed by atoms with Crippen molar-refractivity contribution in [3.63, 3.8) is 0 Å². The third-order valence-corrected chi connectivity index (χ3v) is 6.91. The number of amides is 1. The lowest BCUT2D eigenvalue weighted by atomic mass is 10.0. The number of fused-ring (bicyclic) bond motifs is 1. The zero-order valence-electron chi connectivity index (χ0n) is 20.4. The Morgan fingerprint density at radius 3 is 2.51 bits per heavy atom. The molecule has 35 heavy (non-hydrogen) atoms. The van der Waals surface area contributed by atoms with Gasteiger partial charge in [-0.3, -0.25) is 14.2 Å². The van der Waals surface area contributed by atoms with E-state index in [0.717, 1.165) is 11.1 Å². The lowest BCUT2D eigenvalue weighted by molar-refractivity contribution is 0.0736.